The molecule has 0 unspecified atom stereocenters. The molecule has 0 saturated heterocycles. The van der Waals surface area contributed by atoms with Crippen molar-refractivity contribution < 1.29 is 4.74 Å². The topological polar surface area (TPSA) is 9.23 Å². The Morgan fingerprint density at radius 1 is 0.812 bits per heavy atom. The predicted octanol–water partition coefficient (Wildman–Crippen LogP) is 3.04. The van der Waals surface area contributed by atoms with Crippen molar-refractivity contribution in [1.29, 1.82) is 0 Å². The van der Waals surface area contributed by atoms with Gasteiger partial charge in [0.1, 0.15) is 11.5 Å². The summed E-state index contributed by atoms with van der Waals surface area (Å²) in [5.74, 6) is 2.03. The van der Waals surface area contributed by atoms with Crippen molar-refractivity contribution in [3.63, 3.8) is 0 Å². The van der Waals surface area contributed by atoms with Crippen LogP contribution in [0.4, 0.5) is 0 Å². The first-order chi connectivity index (χ1) is 7.72. The van der Waals surface area contributed by atoms with Gasteiger partial charge in [0.25, 0.3) is 0 Å². The lowest BCUT2D eigenvalue weighted by Crippen LogP contribution is -2.15. The van der Waals surface area contributed by atoms with Crippen molar-refractivity contribution >= 4 is 19.2 Å². The van der Waals surface area contributed by atoms with Crippen LogP contribution in [0.2, 0.25) is 0 Å². The van der Waals surface area contributed by atoms with Gasteiger partial charge in [0.15, 0.2) is 0 Å². The van der Waals surface area contributed by atoms with Gasteiger partial charge in [-0.05, 0) is 38.1 Å². The Balaban J connectivity index is 2.10. The molecule has 2 aromatic carbocycles. The van der Waals surface area contributed by atoms with Crippen LogP contribution in [0.15, 0.2) is 36.4 Å². The van der Waals surface area contributed by atoms with Crippen molar-refractivity contribution in [3.8, 4) is 11.5 Å². The monoisotopic (exact) mass is 228 g/mol. The molecule has 0 bridgehead atoms. The van der Waals surface area contributed by atoms with Gasteiger partial charge in [-0.25, -0.2) is 0 Å². The molecule has 3 rings (SSSR count). The van der Waals surface area contributed by atoms with E-state index in [-0.39, 0.29) is 0 Å². The van der Waals surface area contributed by atoms with Gasteiger partial charge in [-0.1, -0.05) is 31.8 Å². The molecule has 0 fully saturated rings. The van der Waals surface area contributed by atoms with Crippen LogP contribution in [0.5, 0.6) is 11.5 Å². The molecule has 0 aromatic heterocycles. The second kappa shape index (κ2) is 3.61. The molecule has 0 spiro atoms. The van der Waals surface area contributed by atoms with Crippen LogP contribution >= 0.6 is 8.58 Å². The van der Waals surface area contributed by atoms with Crippen LogP contribution in [0, 0.1) is 13.8 Å². The van der Waals surface area contributed by atoms with Crippen LogP contribution < -0.4 is 15.3 Å². The van der Waals surface area contributed by atoms with Crippen LogP contribution in [0.1, 0.15) is 11.1 Å². The smallest absolute Gasteiger partial charge is 0.135 e. The summed E-state index contributed by atoms with van der Waals surface area (Å²) < 4.78 is 5.89. The molecule has 80 valence electrons. The van der Waals surface area contributed by atoms with Crippen LogP contribution in [-0.2, 0) is 0 Å². The fourth-order valence-corrected chi connectivity index (χ4v) is 3.33. The fraction of sp³-hybridized carbons (Fsp3) is 0.143. The summed E-state index contributed by atoms with van der Waals surface area (Å²) in [5, 5.41) is 2.64. The highest BCUT2D eigenvalue weighted by Crippen LogP contribution is 2.33. The molecule has 2 heteroatoms. The van der Waals surface area contributed by atoms with E-state index in [1.807, 2.05) is 0 Å². The molecule has 0 saturated carbocycles. The third-order valence-electron chi connectivity index (χ3n) is 2.76. The van der Waals surface area contributed by atoms with Crippen LogP contribution in [-0.4, -0.2) is 0 Å². The molecule has 2 aromatic rings. The number of aryl methyl sites for hydroxylation is 2. The Labute approximate surface area is 97.2 Å². The van der Waals surface area contributed by atoms with E-state index in [2.05, 4.69) is 50.2 Å². The Kier molecular flexibility index (Phi) is 2.22. The highest BCUT2D eigenvalue weighted by atomic mass is 31.1. The number of hydrogen-bond donors (Lipinski definition) is 0. The zero-order valence-corrected chi connectivity index (χ0v) is 10.4. The molecular formula is C14H13OP. The average molecular weight is 228 g/mol. The maximum Gasteiger partial charge on any atom is 0.135 e. The van der Waals surface area contributed by atoms with E-state index in [9.17, 15) is 0 Å². The summed E-state index contributed by atoms with van der Waals surface area (Å²) in [6.45, 7) is 4.24. The van der Waals surface area contributed by atoms with E-state index < -0.39 is 0 Å². The molecule has 0 atom stereocenters. The molecule has 1 aliphatic rings. The van der Waals surface area contributed by atoms with Crippen molar-refractivity contribution in [2.24, 2.45) is 0 Å². The Bertz CT molecular complexity index is 511. The Morgan fingerprint density at radius 3 is 1.81 bits per heavy atom. The first-order valence-electron chi connectivity index (χ1n) is 5.38. The summed E-state index contributed by atoms with van der Waals surface area (Å²) in [6, 6.07) is 12.8. The van der Waals surface area contributed by atoms with Crippen LogP contribution in [0.25, 0.3) is 0 Å². The van der Waals surface area contributed by atoms with Gasteiger partial charge in [0.05, 0.1) is 0 Å². The zero-order valence-electron chi connectivity index (χ0n) is 9.37. The largest absolute Gasteiger partial charge is 0.456 e. The lowest BCUT2D eigenvalue weighted by molar-refractivity contribution is 0.488. The summed E-state index contributed by atoms with van der Waals surface area (Å²) in [7, 11) is 0.712. The summed E-state index contributed by atoms with van der Waals surface area (Å²) in [6.07, 6.45) is 0. The van der Waals surface area contributed by atoms with E-state index in [0.29, 0.717) is 8.58 Å². The second-order valence-electron chi connectivity index (χ2n) is 4.23. The molecule has 0 radical (unpaired) electrons. The molecule has 1 nitrogen and oxygen atoms in total. The molecule has 1 heterocycles. The van der Waals surface area contributed by atoms with Crippen LogP contribution in [0.3, 0.4) is 0 Å². The van der Waals surface area contributed by atoms with Crippen molar-refractivity contribution in [1.82, 2.24) is 0 Å². The van der Waals surface area contributed by atoms with Crippen molar-refractivity contribution in [2.75, 3.05) is 0 Å². The summed E-state index contributed by atoms with van der Waals surface area (Å²) in [4.78, 5) is 0. The van der Waals surface area contributed by atoms with Gasteiger partial charge in [0, 0.05) is 10.6 Å². The maximum absolute atomic E-state index is 5.89. The van der Waals surface area contributed by atoms with Gasteiger partial charge in [-0.3, -0.25) is 0 Å². The number of hydrogen-bond acceptors (Lipinski definition) is 1. The van der Waals surface area contributed by atoms with E-state index in [0.717, 1.165) is 11.5 Å². The molecule has 1 aliphatic heterocycles. The number of rotatable bonds is 0. The molecule has 16 heavy (non-hydrogen) atoms. The minimum atomic E-state index is 0.712. The SMILES string of the molecule is Cc1ccc2c(c1)Pc1cc(C)ccc1O2. The summed E-state index contributed by atoms with van der Waals surface area (Å²) >= 11 is 0. The third-order valence-corrected chi connectivity index (χ3v) is 4.08. The quantitative estimate of drug-likeness (QED) is 0.537. The Hall–Kier alpha value is -1.33. The highest BCUT2D eigenvalue weighted by Gasteiger charge is 2.16. The predicted molar refractivity (Wildman–Crippen MR) is 70.0 cm³/mol. The molecule has 0 N–H and O–H groups in total. The standard InChI is InChI=1S/C14H13OP/c1-9-3-5-11-13(7-9)16-14-8-10(2)4-6-12(14)15-11/h3-8,16H,1-2H3. The number of fused-ring (bicyclic) bond motifs is 2. The van der Waals surface area contributed by atoms with Gasteiger partial charge in [0.2, 0.25) is 0 Å². The first-order valence-corrected chi connectivity index (χ1v) is 6.38. The maximum atomic E-state index is 5.89. The lowest BCUT2D eigenvalue weighted by atomic mass is 10.2. The van der Waals surface area contributed by atoms with Gasteiger partial charge >= 0.3 is 0 Å². The van der Waals surface area contributed by atoms with E-state index in [4.69, 9.17) is 4.74 Å². The average Bonchev–Trinajstić information content (AvgIpc) is 2.26. The highest BCUT2D eigenvalue weighted by molar-refractivity contribution is 7.56. The van der Waals surface area contributed by atoms with Gasteiger partial charge < -0.3 is 4.74 Å². The summed E-state index contributed by atoms with van der Waals surface area (Å²) in [5.41, 5.74) is 2.59. The van der Waals surface area contributed by atoms with Gasteiger partial charge in [-0.15, -0.1) is 0 Å². The van der Waals surface area contributed by atoms with Gasteiger partial charge in [-0.2, -0.15) is 0 Å². The normalized spacial score (nSPS) is 12.6. The van der Waals surface area contributed by atoms with E-state index >= 15 is 0 Å². The minimum absolute atomic E-state index is 0.712. The minimum Gasteiger partial charge on any atom is -0.456 e. The number of ether oxygens (including phenoxy) is 1. The molecule has 0 amide bonds. The second-order valence-corrected chi connectivity index (χ2v) is 5.55. The van der Waals surface area contributed by atoms with Crippen molar-refractivity contribution in [2.45, 2.75) is 13.8 Å². The number of benzene rings is 2. The molecule has 0 aliphatic carbocycles. The first kappa shape index (κ1) is 9.86. The molecular weight excluding hydrogens is 215 g/mol. The lowest BCUT2D eigenvalue weighted by Gasteiger charge is -2.20. The van der Waals surface area contributed by atoms with Crippen molar-refractivity contribution in [3.05, 3.63) is 47.5 Å². The Morgan fingerprint density at radius 2 is 1.31 bits per heavy atom. The fourth-order valence-electron chi connectivity index (χ4n) is 1.92. The third kappa shape index (κ3) is 1.62. The van der Waals surface area contributed by atoms with E-state index in [1.54, 1.807) is 0 Å². The zero-order chi connectivity index (χ0) is 11.1. The van der Waals surface area contributed by atoms with E-state index in [1.165, 1.54) is 21.7 Å².